The summed E-state index contributed by atoms with van der Waals surface area (Å²) in [4.78, 5) is 11.2. The Morgan fingerprint density at radius 3 is 3.00 bits per heavy atom. The van der Waals surface area contributed by atoms with Crippen molar-refractivity contribution in [1.29, 1.82) is 0 Å². The van der Waals surface area contributed by atoms with Crippen molar-refractivity contribution < 1.29 is 14.6 Å². The van der Waals surface area contributed by atoms with Crippen LogP contribution in [-0.4, -0.2) is 16.9 Å². The van der Waals surface area contributed by atoms with E-state index in [4.69, 9.17) is 4.74 Å². The summed E-state index contributed by atoms with van der Waals surface area (Å²) in [6, 6.07) is 0. The molecule has 0 radical (unpaired) electrons. The Balaban J connectivity index is 2.36. The van der Waals surface area contributed by atoms with Gasteiger partial charge in [-0.1, -0.05) is 6.92 Å². The zero-order chi connectivity index (χ0) is 9.64. The van der Waals surface area contributed by atoms with Crippen molar-refractivity contribution in [3.05, 3.63) is 11.1 Å². The molecule has 2 atom stereocenters. The first kappa shape index (κ1) is 8.75. The molecule has 0 aromatic carbocycles. The minimum Gasteiger partial charge on any atom is -0.426 e. The van der Waals surface area contributed by atoms with Crippen LogP contribution in [0.2, 0.25) is 0 Å². The Morgan fingerprint density at radius 2 is 2.31 bits per heavy atom. The average Bonchev–Trinajstić information content (AvgIpc) is 2.22. The SMILES string of the molecule is CC1=C2CC[C@@H](C)C[C@]2(O)OC1=O. The lowest BCUT2D eigenvalue weighted by atomic mass is 9.81. The van der Waals surface area contributed by atoms with Crippen molar-refractivity contribution >= 4 is 5.97 Å². The largest absolute Gasteiger partial charge is 0.426 e. The van der Waals surface area contributed by atoms with Crippen LogP contribution < -0.4 is 0 Å². The van der Waals surface area contributed by atoms with Gasteiger partial charge in [0.15, 0.2) is 0 Å². The van der Waals surface area contributed by atoms with Crippen molar-refractivity contribution in [3.8, 4) is 0 Å². The van der Waals surface area contributed by atoms with Crippen molar-refractivity contribution in [1.82, 2.24) is 0 Å². The lowest BCUT2D eigenvalue weighted by Crippen LogP contribution is -2.37. The van der Waals surface area contributed by atoms with Gasteiger partial charge in [0, 0.05) is 17.6 Å². The van der Waals surface area contributed by atoms with Gasteiger partial charge in [-0.05, 0) is 25.7 Å². The molecule has 2 aliphatic rings. The maximum Gasteiger partial charge on any atom is 0.336 e. The van der Waals surface area contributed by atoms with Gasteiger partial charge in [0.05, 0.1) is 0 Å². The van der Waals surface area contributed by atoms with Gasteiger partial charge < -0.3 is 9.84 Å². The summed E-state index contributed by atoms with van der Waals surface area (Å²) >= 11 is 0. The van der Waals surface area contributed by atoms with Crippen LogP contribution in [0.15, 0.2) is 11.1 Å². The number of rotatable bonds is 0. The highest BCUT2D eigenvalue weighted by atomic mass is 16.7. The molecule has 2 rings (SSSR count). The number of carbonyl (C=O) groups is 1. The second kappa shape index (κ2) is 2.58. The molecule has 1 fully saturated rings. The predicted molar refractivity (Wildman–Crippen MR) is 46.8 cm³/mol. The molecule has 1 heterocycles. The third-order valence-electron chi connectivity index (χ3n) is 3.00. The van der Waals surface area contributed by atoms with Crippen LogP contribution in [0.4, 0.5) is 0 Å². The van der Waals surface area contributed by atoms with E-state index in [1.807, 2.05) is 0 Å². The highest BCUT2D eigenvalue weighted by Gasteiger charge is 2.47. The van der Waals surface area contributed by atoms with E-state index in [2.05, 4.69) is 6.92 Å². The number of ether oxygens (including phenoxy) is 1. The minimum absolute atomic E-state index is 0.355. The van der Waals surface area contributed by atoms with E-state index in [1.165, 1.54) is 0 Å². The van der Waals surface area contributed by atoms with Gasteiger partial charge in [-0.2, -0.15) is 0 Å². The van der Waals surface area contributed by atoms with Crippen LogP contribution in [0.1, 0.15) is 33.1 Å². The predicted octanol–water partition coefficient (Wildman–Crippen LogP) is 1.37. The Hall–Kier alpha value is -0.830. The third kappa shape index (κ3) is 1.18. The maximum atomic E-state index is 11.2. The van der Waals surface area contributed by atoms with Crippen LogP contribution in [0.3, 0.4) is 0 Å². The topological polar surface area (TPSA) is 46.5 Å². The van der Waals surface area contributed by atoms with E-state index in [-0.39, 0.29) is 5.97 Å². The Bertz CT molecular complexity index is 293. The molecule has 0 saturated heterocycles. The second-order valence-electron chi connectivity index (χ2n) is 4.13. The zero-order valence-corrected chi connectivity index (χ0v) is 7.96. The van der Waals surface area contributed by atoms with Crippen molar-refractivity contribution in [2.75, 3.05) is 0 Å². The average molecular weight is 182 g/mol. The summed E-state index contributed by atoms with van der Waals surface area (Å²) in [6.45, 7) is 3.79. The van der Waals surface area contributed by atoms with Gasteiger partial charge in [0.2, 0.25) is 5.79 Å². The molecule has 72 valence electrons. The molecule has 1 aliphatic carbocycles. The van der Waals surface area contributed by atoms with Gasteiger partial charge in [-0.25, -0.2) is 4.79 Å². The highest BCUT2D eigenvalue weighted by molar-refractivity contribution is 5.92. The molecule has 0 aromatic heterocycles. The third-order valence-corrected chi connectivity index (χ3v) is 3.00. The molecular formula is C10H14O3. The molecule has 0 amide bonds. The van der Waals surface area contributed by atoms with Gasteiger partial charge in [-0.15, -0.1) is 0 Å². The van der Waals surface area contributed by atoms with Crippen LogP contribution in [0.25, 0.3) is 0 Å². The molecule has 13 heavy (non-hydrogen) atoms. The fraction of sp³-hybridized carbons (Fsp3) is 0.700. The first-order chi connectivity index (χ1) is 6.03. The summed E-state index contributed by atoms with van der Waals surface area (Å²) < 4.78 is 4.98. The highest BCUT2D eigenvalue weighted by Crippen LogP contribution is 2.43. The number of fused-ring (bicyclic) bond motifs is 1. The van der Waals surface area contributed by atoms with E-state index >= 15 is 0 Å². The second-order valence-corrected chi connectivity index (χ2v) is 4.13. The van der Waals surface area contributed by atoms with Gasteiger partial charge in [0.25, 0.3) is 0 Å². The summed E-state index contributed by atoms with van der Waals surface area (Å²) in [7, 11) is 0. The lowest BCUT2D eigenvalue weighted by Gasteiger charge is -2.32. The van der Waals surface area contributed by atoms with E-state index in [0.29, 0.717) is 17.9 Å². The van der Waals surface area contributed by atoms with Crippen LogP contribution in [0.5, 0.6) is 0 Å². The van der Waals surface area contributed by atoms with E-state index in [1.54, 1.807) is 6.92 Å². The van der Waals surface area contributed by atoms with Gasteiger partial charge in [0.1, 0.15) is 0 Å². The normalized spacial score (nSPS) is 39.0. The van der Waals surface area contributed by atoms with Gasteiger partial charge in [-0.3, -0.25) is 0 Å². The molecule has 1 aliphatic heterocycles. The first-order valence-corrected chi connectivity index (χ1v) is 4.69. The number of hydrogen-bond donors (Lipinski definition) is 1. The van der Waals surface area contributed by atoms with Crippen molar-refractivity contribution in [2.24, 2.45) is 5.92 Å². The van der Waals surface area contributed by atoms with Crippen molar-refractivity contribution in [2.45, 2.75) is 38.9 Å². The molecular weight excluding hydrogens is 168 g/mol. The number of esters is 1. The smallest absolute Gasteiger partial charge is 0.336 e. The molecule has 0 unspecified atom stereocenters. The fourth-order valence-corrected chi connectivity index (χ4v) is 2.22. The Kier molecular flexibility index (Phi) is 1.74. The lowest BCUT2D eigenvalue weighted by molar-refractivity contribution is -0.190. The van der Waals surface area contributed by atoms with Crippen LogP contribution in [-0.2, 0) is 9.53 Å². The number of carbonyl (C=O) groups excluding carboxylic acids is 1. The van der Waals surface area contributed by atoms with E-state index in [0.717, 1.165) is 18.4 Å². The molecule has 0 spiro atoms. The fourth-order valence-electron chi connectivity index (χ4n) is 2.22. The molecule has 1 N–H and O–H groups in total. The summed E-state index contributed by atoms with van der Waals surface area (Å²) in [6.07, 6.45) is 2.37. The summed E-state index contributed by atoms with van der Waals surface area (Å²) in [5, 5.41) is 10.0. The zero-order valence-electron chi connectivity index (χ0n) is 7.96. The number of aliphatic hydroxyl groups is 1. The monoisotopic (exact) mass is 182 g/mol. The van der Waals surface area contributed by atoms with E-state index in [9.17, 15) is 9.90 Å². The molecule has 0 aromatic rings. The first-order valence-electron chi connectivity index (χ1n) is 4.69. The minimum atomic E-state index is -1.27. The molecule has 1 saturated carbocycles. The molecule has 3 heteroatoms. The van der Waals surface area contributed by atoms with Crippen molar-refractivity contribution in [3.63, 3.8) is 0 Å². The standard InChI is InChI=1S/C10H14O3/c1-6-3-4-8-7(2)9(11)13-10(8,12)5-6/h6,12H,3-5H2,1-2H3/t6-,10+/m1/s1. The maximum absolute atomic E-state index is 11.2. The summed E-state index contributed by atoms with van der Waals surface area (Å²) in [5.74, 6) is -1.20. The molecule has 3 nitrogen and oxygen atoms in total. The quantitative estimate of drug-likeness (QED) is 0.575. The molecule has 0 bridgehead atoms. The Labute approximate surface area is 77.4 Å². The van der Waals surface area contributed by atoms with Crippen LogP contribution in [0, 0.1) is 5.92 Å². The number of hydrogen-bond acceptors (Lipinski definition) is 3. The Morgan fingerprint density at radius 1 is 1.62 bits per heavy atom. The van der Waals surface area contributed by atoms with Gasteiger partial charge >= 0.3 is 5.97 Å². The summed E-state index contributed by atoms with van der Waals surface area (Å²) in [5.41, 5.74) is 1.41. The van der Waals surface area contributed by atoms with E-state index < -0.39 is 5.79 Å². The van der Waals surface area contributed by atoms with Crippen LogP contribution >= 0.6 is 0 Å².